The van der Waals surface area contributed by atoms with Crippen molar-refractivity contribution < 1.29 is 9.66 Å². The number of benzene rings is 1. The van der Waals surface area contributed by atoms with E-state index in [2.05, 4.69) is 31.3 Å². The van der Waals surface area contributed by atoms with Crippen LogP contribution in [-0.4, -0.2) is 17.6 Å². The molecule has 3 atom stereocenters. The van der Waals surface area contributed by atoms with E-state index < -0.39 is 0 Å². The lowest BCUT2D eigenvalue weighted by Gasteiger charge is -2.39. The van der Waals surface area contributed by atoms with Gasteiger partial charge in [0.2, 0.25) is 0 Å². The summed E-state index contributed by atoms with van der Waals surface area (Å²) in [4.78, 5) is 11.2. The Morgan fingerprint density at radius 3 is 2.86 bits per heavy atom. The first-order valence-corrected chi connectivity index (χ1v) is 7.91. The number of rotatable bonds is 4. The SMILES string of the molecule is CCOc1cc2c(c([N+](=O)[O-])c1)N[C@@H](C(C)C)[C@H]1CC=C[C@@H]21. The van der Waals surface area contributed by atoms with E-state index in [-0.39, 0.29) is 22.6 Å². The molecule has 1 aliphatic heterocycles. The van der Waals surface area contributed by atoms with E-state index in [9.17, 15) is 10.1 Å². The fourth-order valence-electron chi connectivity index (χ4n) is 3.75. The molecule has 1 N–H and O–H groups in total. The first kappa shape index (κ1) is 14.9. The average Bonchev–Trinajstić information content (AvgIpc) is 2.95. The maximum absolute atomic E-state index is 11.5. The van der Waals surface area contributed by atoms with Gasteiger partial charge in [-0.25, -0.2) is 0 Å². The third kappa shape index (κ3) is 2.34. The van der Waals surface area contributed by atoms with E-state index in [1.54, 1.807) is 0 Å². The summed E-state index contributed by atoms with van der Waals surface area (Å²) in [5.74, 6) is 1.70. The highest BCUT2D eigenvalue weighted by molar-refractivity contribution is 5.72. The van der Waals surface area contributed by atoms with Gasteiger partial charge in [0, 0.05) is 12.0 Å². The summed E-state index contributed by atoms with van der Waals surface area (Å²) in [5.41, 5.74) is 1.78. The van der Waals surface area contributed by atoms with Crippen LogP contribution in [0.1, 0.15) is 38.7 Å². The number of fused-ring (bicyclic) bond motifs is 3. The number of nitrogens with one attached hydrogen (secondary N) is 1. The van der Waals surface area contributed by atoms with E-state index in [0.717, 1.165) is 12.0 Å². The third-order valence-corrected chi connectivity index (χ3v) is 4.69. The molecule has 2 aliphatic rings. The normalized spacial score (nSPS) is 25.5. The lowest BCUT2D eigenvalue weighted by atomic mass is 9.75. The summed E-state index contributed by atoms with van der Waals surface area (Å²) >= 11 is 0. The summed E-state index contributed by atoms with van der Waals surface area (Å²) < 4.78 is 5.53. The van der Waals surface area contributed by atoms with Crippen LogP contribution in [0.15, 0.2) is 24.3 Å². The Balaban J connectivity index is 2.14. The standard InChI is InChI=1S/C17H22N2O3/c1-4-22-11-8-14-12-6-5-7-13(12)16(10(2)3)18-17(14)15(9-11)19(20)21/h5-6,8-10,12-13,16,18H,4,7H2,1-3H3/t12-,13+,16+/m1/s1. The van der Waals surface area contributed by atoms with Gasteiger partial charge in [-0.15, -0.1) is 0 Å². The molecule has 0 radical (unpaired) electrons. The summed E-state index contributed by atoms with van der Waals surface area (Å²) in [7, 11) is 0. The number of nitro benzene ring substituents is 1. The number of hydrogen-bond acceptors (Lipinski definition) is 4. The highest BCUT2D eigenvalue weighted by Crippen LogP contribution is 2.50. The number of allylic oxidation sites excluding steroid dienone is 2. The second-order valence-corrected chi connectivity index (χ2v) is 6.36. The molecule has 3 rings (SSSR count). The third-order valence-electron chi connectivity index (χ3n) is 4.69. The van der Waals surface area contributed by atoms with Crippen molar-refractivity contribution in [2.24, 2.45) is 11.8 Å². The molecule has 5 heteroatoms. The molecular weight excluding hydrogens is 280 g/mol. The summed E-state index contributed by atoms with van der Waals surface area (Å²) in [6.07, 6.45) is 5.41. The molecule has 5 nitrogen and oxygen atoms in total. The van der Waals surface area contributed by atoms with Crippen molar-refractivity contribution in [3.05, 3.63) is 40.0 Å². The lowest BCUT2D eigenvalue weighted by Crippen LogP contribution is -2.39. The Morgan fingerprint density at radius 1 is 1.45 bits per heavy atom. The van der Waals surface area contributed by atoms with Gasteiger partial charge in [-0.05, 0) is 36.8 Å². The monoisotopic (exact) mass is 302 g/mol. The molecule has 22 heavy (non-hydrogen) atoms. The number of hydrogen-bond donors (Lipinski definition) is 1. The van der Waals surface area contributed by atoms with Gasteiger partial charge in [0.25, 0.3) is 5.69 Å². The molecule has 1 aromatic rings. The first-order chi connectivity index (χ1) is 10.5. The topological polar surface area (TPSA) is 64.4 Å². The van der Waals surface area contributed by atoms with Crippen molar-refractivity contribution in [3.8, 4) is 5.75 Å². The van der Waals surface area contributed by atoms with Gasteiger partial charge >= 0.3 is 0 Å². The van der Waals surface area contributed by atoms with E-state index in [4.69, 9.17) is 4.74 Å². The predicted octanol–water partition coefficient (Wildman–Crippen LogP) is 4.10. The zero-order valence-electron chi connectivity index (χ0n) is 13.2. The number of nitrogens with zero attached hydrogens (tertiary/aromatic N) is 1. The molecule has 0 unspecified atom stereocenters. The van der Waals surface area contributed by atoms with Gasteiger partial charge in [0.05, 0.1) is 17.6 Å². The van der Waals surface area contributed by atoms with E-state index >= 15 is 0 Å². The van der Waals surface area contributed by atoms with Crippen molar-refractivity contribution >= 4 is 11.4 Å². The van der Waals surface area contributed by atoms with Crippen molar-refractivity contribution in [3.63, 3.8) is 0 Å². The molecule has 0 saturated heterocycles. The molecule has 1 aromatic carbocycles. The highest BCUT2D eigenvalue weighted by atomic mass is 16.6. The molecular formula is C17H22N2O3. The molecule has 0 amide bonds. The van der Waals surface area contributed by atoms with E-state index in [0.29, 0.717) is 29.9 Å². The minimum Gasteiger partial charge on any atom is -0.494 e. The maximum atomic E-state index is 11.5. The van der Waals surface area contributed by atoms with Crippen LogP contribution in [0.5, 0.6) is 5.75 Å². The van der Waals surface area contributed by atoms with Crippen molar-refractivity contribution in [1.82, 2.24) is 0 Å². The van der Waals surface area contributed by atoms with Crippen molar-refractivity contribution in [2.75, 3.05) is 11.9 Å². The van der Waals surface area contributed by atoms with Gasteiger partial charge in [0.15, 0.2) is 0 Å². The number of ether oxygens (including phenoxy) is 1. The van der Waals surface area contributed by atoms with Crippen LogP contribution in [0.4, 0.5) is 11.4 Å². The molecule has 0 fully saturated rings. The molecule has 0 spiro atoms. The smallest absolute Gasteiger partial charge is 0.296 e. The van der Waals surface area contributed by atoms with Gasteiger partial charge in [-0.1, -0.05) is 26.0 Å². The summed E-state index contributed by atoms with van der Waals surface area (Å²) in [6, 6.07) is 3.75. The van der Waals surface area contributed by atoms with Gasteiger partial charge in [-0.3, -0.25) is 10.1 Å². The molecule has 0 bridgehead atoms. The lowest BCUT2D eigenvalue weighted by molar-refractivity contribution is -0.384. The Kier molecular flexibility index (Phi) is 3.81. The summed E-state index contributed by atoms with van der Waals surface area (Å²) in [6.45, 7) is 6.72. The van der Waals surface area contributed by atoms with E-state index in [1.807, 2.05) is 13.0 Å². The molecule has 0 saturated carbocycles. The van der Waals surface area contributed by atoms with Crippen LogP contribution in [0.3, 0.4) is 0 Å². The van der Waals surface area contributed by atoms with Crippen LogP contribution < -0.4 is 10.1 Å². The Morgan fingerprint density at radius 2 is 2.23 bits per heavy atom. The largest absolute Gasteiger partial charge is 0.494 e. The quantitative estimate of drug-likeness (QED) is 0.516. The van der Waals surface area contributed by atoms with Crippen LogP contribution in [0.25, 0.3) is 0 Å². The zero-order chi connectivity index (χ0) is 15.9. The average molecular weight is 302 g/mol. The van der Waals surface area contributed by atoms with Gasteiger partial charge in [-0.2, -0.15) is 0 Å². The van der Waals surface area contributed by atoms with Crippen molar-refractivity contribution in [2.45, 2.75) is 39.2 Å². The second kappa shape index (κ2) is 5.63. The number of nitro groups is 1. The van der Waals surface area contributed by atoms with Crippen LogP contribution in [0, 0.1) is 22.0 Å². The van der Waals surface area contributed by atoms with Gasteiger partial charge < -0.3 is 10.1 Å². The minimum atomic E-state index is -0.315. The molecule has 0 aromatic heterocycles. The number of anilines is 1. The highest BCUT2D eigenvalue weighted by Gasteiger charge is 2.41. The fraction of sp³-hybridized carbons (Fsp3) is 0.529. The molecule has 1 heterocycles. The minimum absolute atomic E-state index is 0.116. The molecule has 118 valence electrons. The maximum Gasteiger partial charge on any atom is 0.296 e. The van der Waals surface area contributed by atoms with Crippen molar-refractivity contribution in [1.29, 1.82) is 0 Å². The Bertz CT molecular complexity index is 625. The van der Waals surface area contributed by atoms with Crippen LogP contribution in [0.2, 0.25) is 0 Å². The second-order valence-electron chi connectivity index (χ2n) is 6.36. The van der Waals surface area contributed by atoms with Crippen LogP contribution >= 0.6 is 0 Å². The predicted molar refractivity (Wildman–Crippen MR) is 86.5 cm³/mol. The Labute approximate surface area is 130 Å². The van der Waals surface area contributed by atoms with Gasteiger partial charge in [0.1, 0.15) is 11.4 Å². The summed E-state index contributed by atoms with van der Waals surface area (Å²) in [5, 5.41) is 14.9. The Hall–Kier alpha value is -2.04. The first-order valence-electron chi connectivity index (χ1n) is 7.91. The van der Waals surface area contributed by atoms with Crippen LogP contribution in [-0.2, 0) is 0 Å². The zero-order valence-corrected chi connectivity index (χ0v) is 13.2. The molecule has 1 aliphatic carbocycles. The van der Waals surface area contributed by atoms with E-state index in [1.165, 1.54) is 6.07 Å². The fourth-order valence-corrected chi connectivity index (χ4v) is 3.75.